The van der Waals surface area contributed by atoms with Crippen molar-refractivity contribution in [1.82, 2.24) is 15.2 Å². The van der Waals surface area contributed by atoms with E-state index >= 15 is 0 Å². The van der Waals surface area contributed by atoms with E-state index in [0.717, 1.165) is 21.1 Å². The predicted molar refractivity (Wildman–Crippen MR) is 70.2 cm³/mol. The van der Waals surface area contributed by atoms with Crippen molar-refractivity contribution >= 4 is 42.5 Å². The van der Waals surface area contributed by atoms with Crippen LogP contribution in [-0.4, -0.2) is 15.2 Å². The van der Waals surface area contributed by atoms with Crippen molar-refractivity contribution in [1.29, 1.82) is 0 Å². The van der Waals surface area contributed by atoms with Crippen molar-refractivity contribution in [3.8, 4) is 0 Å². The molecule has 0 atom stereocenters. The maximum atomic E-state index is 4.32. The molecule has 80 valence electrons. The Kier molecular flexibility index (Phi) is 1.70. The lowest BCUT2D eigenvalue weighted by Crippen LogP contribution is -1.72. The van der Waals surface area contributed by atoms with Crippen molar-refractivity contribution in [3.63, 3.8) is 0 Å². The highest BCUT2D eigenvalue weighted by Gasteiger charge is 2.09. The molecule has 17 heavy (non-hydrogen) atoms. The molecule has 0 fully saturated rings. The summed E-state index contributed by atoms with van der Waals surface area (Å²) in [5.74, 6) is 0. The Balaban J connectivity index is 2.35. The molecule has 3 nitrogen and oxygen atoms in total. The first-order valence-electron chi connectivity index (χ1n) is 5.31. The molecule has 0 N–H and O–H groups in total. The molecule has 0 unspecified atom stereocenters. The van der Waals surface area contributed by atoms with Gasteiger partial charge in [0.2, 0.25) is 0 Å². The lowest BCUT2D eigenvalue weighted by atomic mass is 10.2. The first-order valence-corrected chi connectivity index (χ1v) is 6.13. The normalized spacial score (nSPS) is 11.5. The molecule has 3 heterocycles. The second-order valence-electron chi connectivity index (χ2n) is 3.86. The number of fused-ring (bicyclic) bond motifs is 5. The molecular formula is C13H7N3S. The van der Waals surface area contributed by atoms with Gasteiger partial charge in [-0.1, -0.05) is 0 Å². The zero-order chi connectivity index (χ0) is 11.2. The van der Waals surface area contributed by atoms with Gasteiger partial charge in [-0.2, -0.15) is 5.10 Å². The van der Waals surface area contributed by atoms with Gasteiger partial charge >= 0.3 is 0 Å². The SMILES string of the molecule is c1cnnc2c(c1)sc1c3ccnc3ccc21. The second-order valence-corrected chi connectivity index (χ2v) is 4.91. The topological polar surface area (TPSA) is 38.7 Å². The van der Waals surface area contributed by atoms with E-state index in [1.807, 2.05) is 18.3 Å². The molecule has 0 saturated heterocycles. The Morgan fingerprint density at radius 1 is 0.941 bits per heavy atom. The molecule has 3 aromatic heterocycles. The van der Waals surface area contributed by atoms with Gasteiger partial charge in [-0.05, 0) is 30.3 Å². The molecule has 0 radical (unpaired) electrons. The van der Waals surface area contributed by atoms with Crippen LogP contribution in [0.5, 0.6) is 0 Å². The smallest absolute Gasteiger partial charge is 0.112 e. The van der Waals surface area contributed by atoms with E-state index in [9.17, 15) is 0 Å². The molecule has 0 aliphatic carbocycles. The van der Waals surface area contributed by atoms with Crippen LogP contribution in [0.1, 0.15) is 0 Å². The summed E-state index contributed by atoms with van der Waals surface area (Å²) in [4.78, 5) is 4.32. The Labute approximate surface area is 101 Å². The molecule has 0 aliphatic heterocycles. The third kappa shape index (κ3) is 1.18. The van der Waals surface area contributed by atoms with Crippen LogP contribution in [0.3, 0.4) is 0 Å². The van der Waals surface area contributed by atoms with Crippen molar-refractivity contribution in [2.75, 3.05) is 0 Å². The van der Waals surface area contributed by atoms with Crippen LogP contribution >= 0.6 is 11.3 Å². The molecule has 4 rings (SSSR count). The van der Waals surface area contributed by atoms with Crippen molar-refractivity contribution in [2.45, 2.75) is 0 Å². The first kappa shape index (κ1) is 9.01. The monoisotopic (exact) mass is 237 g/mol. The number of hydrogen-bond donors (Lipinski definition) is 0. The van der Waals surface area contributed by atoms with Gasteiger partial charge in [0.15, 0.2) is 0 Å². The van der Waals surface area contributed by atoms with Gasteiger partial charge in [0, 0.05) is 27.9 Å². The Hall–Kier alpha value is -2.07. The number of benzene rings is 1. The molecule has 1 aromatic carbocycles. The minimum absolute atomic E-state index is 0.970. The largest absolute Gasteiger partial charge is 0.256 e. The summed E-state index contributed by atoms with van der Waals surface area (Å²) < 4.78 is 2.40. The molecule has 0 saturated carbocycles. The van der Waals surface area contributed by atoms with Gasteiger partial charge in [0.25, 0.3) is 0 Å². The summed E-state index contributed by atoms with van der Waals surface area (Å²) in [6.07, 6.45) is 3.56. The zero-order valence-corrected chi connectivity index (χ0v) is 9.61. The third-order valence-corrected chi connectivity index (χ3v) is 4.08. The molecule has 0 aliphatic rings. The Bertz CT molecular complexity index is 851. The summed E-state index contributed by atoms with van der Waals surface area (Å²) in [7, 11) is 0. The van der Waals surface area contributed by atoms with Crippen LogP contribution in [-0.2, 0) is 0 Å². The van der Waals surface area contributed by atoms with Crippen molar-refractivity contribution in [3.05, 3.63) is 42.7 Å². The van der Waals surface area contributed by atoms with Crippen molar-refractivity contribution in [2.24, 2.45) is 0 Å². The van der Waals surface area contributed by atoms with Gasteiger partial charge in [-0.15, -0.1) is 16.4 Å². The van der Waals surface area contributed by atoms with E-state index in [4.69, 9.17) is 0 Å². The van der Waals surface area contributed by atoms with Crippen LogP contribution in [0, 0.1) is 0 Å². The van der Waals surface area contributed by atoms with Crippen LogP contribution in [0.15, 0.2) is 42.7 Å². The minimum atomic E-state index is 0.970. The van der Waals surface area contributed by atoms with E-state index in [-0.39, 0.29) is 0 Å². The van der Waals surface area contributed by atoms with Gasteiger partial charge < -0.3 is 0 Å². The van der Waals surface area contributed by atoms with Gasteiger partial charge in [-0.25, -0.2) is 0 Å². The summed E-state index contributed by atoms with van der Waals surface area (Å²) in [5.41, 5.74) is 2.01. The van der Waals surface area contributed by atoms with Crippen molar-refractivity contribution < 1.29 is 0 Å². The summed E-state index contributed by atoms with van der Waals surface area (Å²) >= 11 is 1.75. The fourth-order valence-electron chi connectivity index (χ4n) is 2.12. The van der Waals surface area contributed by atoms with Gasteiger partial charge in [0.05, 0.1) is 10.2 Å². The molecule has 0 spiro atoms. The van der Waals surface area contributed by atoms with E-state index < -0.39 is 0 Å². The molecule has 0 amide bonds. The Morgan fingerprint density at radius 2 is 1.94 bits per heavy atom. The number of aromatic nitrogens is 3. The standard InChI is InChI=1S/C13H7N3S/c1-2-11-12(16-15-6-1)9-3-4-10-8(5-7-14-10)13(9)17-11/h1-7H. The number of thiophene rings is 1. The maximum Gasteiger partial charge on any atom is 0.112 e. The third-order valence-electron chi connectivity index (χ3n) is 2.89. The summed E-state index contributed by atoms with van der Waals surface area (Å²) in [6, 6.07) is 10.2. The van der Waals surface area contributed by atoms with Gasteiger partial charge in [-0.3, -0.25) is 4.98 Å². The predicted octanol–water partition coefficient (Wildman–Crippen LogP) is 3.39. The fourth-order valence-corrected chi connectivity index (χ4v) is 3.29. The summed E-state index contributed by atoms with van der Waals surface area (Å²) in [5, 5.41) is 10.6. The average molecular weight is 237 g/mol. The van der Waals surface area contributed by atoms with E-state index in [1.54, 1.807) is 17.5 Å². The first-order chi connectivity index (χ1) is 8.43. The van der Waals surface area contributed by atoms with E-state index in [0.29, 0.717) is 0 Å². The molecule has 0 bridgehead atoms. The van der Waals surface area contributed by atoms with E-state index in [1.165, 1.54) is 10.1 Å². The maximum absolute atomic E-state index is 4.32. The highest BCUT2D eigenvalue weighted by atomic mass is 32.1. The minimum Gasteiger partial charge on any atom is -0.256 e. The van der Waals surface area contributed by atoms with Gasteiger partial charge in [0.1, 0.15) is 5.52 Å². The fraction of sp³-hybridized carbons (Fsp3) is 0. The Morgan fingerprint density at radius 3 is 2.94 bits per heavy atom. The highest BCUT2D eigenvalue weighted by molar-refractivity contribution is 7.26. The quantitative estimate of drug-likeness (QED) is 0.470. The molecule has 4 heteroatoms. The van der Waals surface area contributed by atoms with Crippen LogP contribution in [0.25, 0.3) is 31.2 Å². The lowest BCUT2D eigenvalue weighted by molar-refractivity contribution is 1.09. The van der Waals surface area contributed by atoms with Crippen LogP contribution < -0.4 is 0 Å². The number of nitrogens with zero attached hydrogens (tertiary/aromatic N) is 3. The average Bonchev–Trinajstić information content (AvgIpc) is 2.87. The molecular weight excluding hydrogens is 230 g/mol. The summed E-state index contributed by atoms with van der Waals surface area (Å²) in [6.45, 7) is 0. The second kappa shape index (κ2) is 3.21. The van der Waals surface area contributed by atoms with E-state index in [2.05, 4.69) is 33.4 Å². The highest BCUT2D eigenvalue weighted by Crippen LogP contribution is 2.36. The molecule has 4 aromatic rings. The number of rotatable bonds is 0. The number of hydrogen-bond acceptors (Lipinski definition) is 4. The lowest BCUT2D eigenvalue weighted by Gasteiger charge is -1.90. The van der Waals surface area contributed by atoms with Crippen LogP contribution in [0.2, 0.25) is 0 Å². The zero-order valence-electron chi connectivity index (χ0n) is 8.79. The van der Waals surface area contributed by atoms with Crippen LogP contribution in [0.4, 0.5) is 0 Å².